The molecule has 2 fully saturated rings. The van der Waals surface area contributed by atoms with Crippen LogP contribution in [0.15, 0.2) is 0 Å². The van der Waals surface area contributed by atoms with Crippen molar-refractivity contribution >= 4 is 0 Å². The van der Waals surface area contributed by atoms with Gasteiger partial charge in [-0.25, -0.2) is 0 Å². The van der Waals surface area contributed by atoms with Gasteiger partial charge in [-0.2, -0.15) is 0 Å². The number of ether oxygens (including phenoxy) is 2. The van der Waals surface area contributed by atoms with Gasteiger partial charge in [-0.3, -0.25) is 0 Å². The first-order valence-electron chi connectivity index (χ1n) is 9.76. The molecule has 2 saturated heterocycles. The van der Waals surface area contributed by atoms with Gasteiger partial charge < -0.3 is 35.6 Å². The van der Waals surface area contributed by atoms with Gasteiger partial charge in [0.05, 0.1) is 31.5 Å². The Bertz CT molecular complexity index is 358. The number of hydrogen-bond donors (Lipinski definition) is 5. The van der Waals surface area contributed by atoms with E-state index in [1.165, 1.54) is 0 Å². The topological polar surface area (TPSA) is 125 Å². The van der Waals surface area contributed by atoms with Gasteiger partial charge in [-0.1, -0.05) is 34.6 Å². The fourth-order valence-corrected chi connectivity index (χ4v) is 3.83. The van der Waals surface area contributed by atoms with Crippen LogP contribution in [0.3, 0.4) is 0 Å². The Kier molecular flexibility index (Phi) is 9.96. The maximum Gasteiger partial charge on any atom is 0.170 e. The fraction of sp³-hybridized carbons (Fsp3) is 1.00. The quantitative estimate of drug-likeness (QED) is 0.488. The molecule has 156 valence electrons. The normalized spacial score (nSPS) is 41.1. The monoisotopic (exact) mass is 377 g/mol. The minimum Gasteiger partial charge on any atom is -0.394 e. The minimum absolute atomic E-state index is 0.00657. The predicted octanol–water partition coefficient (Wildman–Crippen LogP) is 0.680. The third-order valence-corrected chi connectivity index (χ3v) is 5.70. The molecule has 7 nitrogen and oxygen atoms in total. The molecule has 0 saturated carbocycles. The molecule has 0 radical (unpaired) electrons. The summed E-state index contributed by atoms with van der Waals surface area (Å²) in [7, 11) is 0. The number of nitrogens with two attached hydrogens (primary N) is 1. The van der Waals surface area contributed by atoms with Crippen molar-refractivity contribution in [3.8, 4) is 0 Å². The maximum atomic E-state index is 9.45. The third-order valence-electron chi connectivity index (χ3n) is 5.70. The highest BCUT2D eigenvalue weighted by Gasteiger charge is 2.37. The molecule has 0 aromatic rings. The maximum absolute atomic E-state index is 9.45. The van der Waals surface area contributed by atoms with E-state index in [4.69, 9.17) is 25.4 Å². The molecular weight excluding hydrogens is 338 g/mol. The van der Waals surface area contributed by atoms with Crippen LogP contribution in [0.5, 0.6) is 0 Å². The van der Waals surface area contributed by atoms with Crippen LogP contribution in [0.4, 0.5) is 0 Å². The minimum atomic E-state index is -0.924. The summed E-state index contributed by atoms with van der Waals surface area (Å²) in [6.07, 6.45) is -0.436. The van der Waals surface area contributed by atoms with E-state index in [-0.39, 0.29) is 43.3 Å². The highest BCUT2D eigenvalue weighted by atomic mass is 16.6. The van der Waals surface area contributed by atoms with Crippen LogP contribution >= 0.6 is 0 Å². The summed E-state index contributed by atoms with van der Waals surface area (Å²) in [5.41, 5.74) is 5.67. The van der Waals surface area contributed by atoms with Gasteiger partial charge in [-0.05, 0) is 36.5 Å². The Hall–Kier alpha value is -0.280. The lowest BCUT2D eigenvalue weighted by Gasteiger charge is -2.39. The lowest BCUT2D eigenvalue weighted by Crippen LogP contribution is -2.51. The molecule has 0 spiro atoms. The van der Waals surface area contributed by atoms with Gasteiger partial charge in [0.15, 0.2) is 12.6 Å². The van der Waals surface area contributed by atoms with Crippen molar-refractivity contribution in [1.82, 2.24) is 0 Å². The number of rotatable bonds is 4. The average Bonchev–Trinajstić information content (AvgIpc) is 2.59. The van der Waals surface area contributed by atoms with Crippen molar-refractivity contribution in [2.24, 2.45) is 35.3 Å². The highest BCUT2D eigenvalue weighted by Crippen LogP contribution is 2.33. The van der Waals surface area contributed by atoms with Crippen molar-refractivity contribution in [1.29, 1.82) is 0 Å². The van der Waals surface area contributed by atoms with Crippen molar-refractivity contribution in [2.75, 3.05) is 13.2 Å². The molecule has 2 aliphatic heterocycles. The summed E-state index contributed by atoms with van der Waals surface area (Å²) in [6, 6.07) is -0.324. The molecule has 7 heteroatoms. The SMILES string of the molecule is CC(C)C1C[C@H](C)C(O)OC1CO.CC(C)C1C[C@H](N)C(O)OC1CO. The summed E-state index contributed by atoms with van der Waals surface area (Å²) in [5, 5.41) is 36.9. The molecule has 2 aliphatic rings. The van der Waals surface area contributed by atoms with Gasteiger partial charge in [0.2, 0.25) is 0 Å². The van der Waals surface area contributed by atoms with Crippen molar-refractivity contribution in [3.63, 3.8) is 0 Å². The Morgan fingerprint density at radius 3 is 1.69 bits per heavy atom. The molecule has 6 N–H and O–H groups in total. The number of hydrogen-bond acceptors (Lipinski definition) is 7. The van der Waals surface area contributed by atoms with Crippen LogP contribution in [0, 0.1) is 29.6 Å². The summed E-state index contributed by atoms with van der Waals surface area (Å²) < 4.78 is 10.5. The van der Waals surface area contributed by atoms with Crippen LogP contribution in [0.2, 0.25) is 0 Å². The Labute approximate surface area is 157 Å². The lowest BCUT2D eigenvalue weighted by molar-refractivity contribution is -0.222. The van der Waals surface area contributed by atoms with Crippen molar-refractivity contribution < 1.29 is 29.9 Å². The van der Waals surface area contributed by atoms with Crippen molar-refractivity contribution in [3.05, 3.63) is 0 Å². The van der Waals surface area contributed by atoms with Crippen LogP contribution < -0.4 is 5.73 Å². The smallest absolute Gasteiger partial charge is 0.170 e. The molecule has 0 bridgehead atoms. The Balaban J connectivity index is 0.000000260. The van der Waals surface area contributed by atoms with Gasteiger partial charge in [0, 0.05) is 5.92 Å². The first kappa shape index (κ1) is 23.8. The lowest BCUT2D eigenvalue weighted by atomic mass is 9.80. The molecule has 2 rings (SSSR count). The number of aliphatic hydroxyl groups is 4. The van der Waals surface area contributed by atoms with Crippen LogP contribution in [0.1, 0.15) is 47.5 Å². The molecule has 0 amide bonds. The van der Waals surface area contributed by atoms with Crippen LogP contribution in [0.25, 0.3) is 0 Å². The standard InChI is InChI=1S/C10H20O3.C9H19NO3/c1-6(2)8-4-7(3)10(12)13-9(8)5-11;1-5(2)6-3-7(10)9(12)13-8(6)4-11/h6-12H,4-5H2,1-3H3;5-9,11-12H,3-4,10H2,1-2H3/t7-,8?,9?,10?;6?,7-,8?,9?/m00/s1. The molecule has 0 aromatic heterocycles. The first-order chi connectivity index (χ1) is 12.1. The second-order valence-electron chi connectivity index (χ2n) is 8.42. The third kappa shape index (κ3) is 6.41. The Morgan fingerprint density at radius 2 is 1.27 bits per heavy atom. The van der Waals surface area contributed by atoms with E-state index in [1.54, 1.807) is 0 Å². The first-order valence-corrected chi connectivity index (χ1v) is 9.76. The zero-order valence-corrected chi connectivity index (χ0v) is 16.8. The zero-order chi connectivity index (χ0) is 20.0. The van der Waals surface area contributed by atoms with Gasteiger partial charge in [-0.15, -0.1) is 0 Å². The van der Waals surface area contributed by atoms with Gasteiger partial charge in [0.25, 0.3) is 0 Å². The van der Waals surface area contributed by atoms with Crippen LogP contribution in [-0.4, -0.2) is 64.5 Å². The van der Waals surface area contributed by atoms with Gasteiger partial charge in [0.1, 0.15) is 0 Å². The van der Waals surface area contributed by atoms with E-state index in [2.05, 4.69) is 27.7 Å². The molecular formula is C19H39NO6. The summed E-state index contributed by atoms with van der Waals surface area (Å²) in [5.74, 6) is 1.68. The molecule has 8 atom stereocenters. The van der Waals surface area contributed by atoms with Crippen LogP contribution in [-0.2, 0) is 9.47 Å². The largest absolute Gasteiger partial charge is 0.394 e. The van der Waals surface area contributed by atoms with E-state index < -0.39 is 12.6 Å². The summed E-state index contributed by atoms with van der Waals surface area (Å²) in [4.78, 5) is 0. The zero-order valence-electron chi connectivity index (χ0n) is 16.8. The molecule has 2 heterocycles. The summed E-state index contributed by atoms with van der Waals surface area (Å²) in [6.45, 7) is 10.3. The second kappa shape index (κ2) is 10.9. The Morgan fingerprint density at radius 1 is 0.846 bits per heavy atom. The molecule has 6 unspecified atom stereocenters. The van der Waals surface area contributed by atoms with E-state index in [1.807, 2.05) is 6.92 Å². The predicted molar refractivity (Wildman–Crippen MR) is 99.0 cm³/mol. The van der Waals surface area contributed by atoms with Crippen molar-refractivity contribution in [2.45, 2.75) is 78.3 Å². The van der Waals surface area contributed by atoms with E-state index >= 15 is 0 Å². The highest BCUT2D eigenvalue weighted by molar-refractivity contribution is 4.84. The van der Waals surface area contributed by atoms with E-state index in [9.17, 15) is 10.2 Å². The molecule has 0 aromatic carbocycles. The number of aliphatic hydroxyl groups excluding tert-OH is 4. The molecule has 26 heavy (non-hydrogen) atoms. The average molecular weight is 378 g/mol. The fourth-order valence-electron chi connectivity index (χ4n) is 3.83. The van der Waals surface area contributed by atoms with Gasteiger partial charge >= 0.3 is 0 Å². The second-order valence-corrected chi connectivity index (χ2v) is 8.42. The van der Waals surface area contributed by atoms with E-state index in [0.717, 1.165) is 6.42 Å². The molecule has 0 aliphatic carbocycles. The summed E-state index contributed by atoms with van der Waals surface area (Å²) >= 11 is 0. The van der Waals surface area contributed by atoms with E-state index in [0.29, 0.717) is 24.2 Å².